The minimum absolute atomic E-state index is 0. The molecule has 14 heavy (non-hydrogen) atoms. The molecule has 0 aliphatic heterocycles. The molecule has 0 unspecified atom stereocenters. The van der Waals surface area contributed by atoms with Crippen LogP contribution in [0, 0.1) is 0 Å². The first-order valence-corrected chi connectivity index (χ1v) is 3.57. The lowest BCUT2D eigenvalue weighted by atomic mass is 10.1. The first-order valence-electron chi connectivity index (χ1n) is 3.57. The Balaban J connectivity index is 0.00000169. The molecule has 0 spiro atoms. The van der Waals surface area contributed by atoms with Crippen molar-refractivity contribution >= 4 is 24.3 Å². The highest BCUT2D eigenvalue weighted by molar-refractivity contribution is 5.92. The van der Waals surface area contributed by atoms with Crippen LogP contribution in [-0.4, -0.2) is 24.2 Å². The molecular weight excluding hydrogens is 208 g/mol. The van der Waals surface area contributed by atoms with Crippen molar-refractivity contribution in [3.63, 3.8) is 0 Å². The van der Waals surface area contributed by atoms with Gasteiger partial charge in [0, 0.05) is 0 Å². The predicted octanol–water partition coefficient (Wildman–Crippen LogP) is 1.59. The highest BCUT2D eigenvalue weighted by atomic mass is 35.5. The summed E-state index contributed by atoms with van der Waals surface area (Å²) in [5.41, 5.74) is 0.486. The van der Waals surface area contributed by atoms with Crippen LogP contribution in [0.5, 0.6) is 0 Å². The van der Waals surface area contributed by atoms with Gasteiger partial charge in [0.25, 0.3) is 0 Å². The molecule has 0 aliphatic rings. The van der Waals surface area contributed by atoms with Gasteiger partial charge in [-0.25, -0.2) is 9.59 Å². The number of carboxylic acids is 1. The molecule has 0 saturated carbocycles. The first kappa shape index (κ1) is 12.4. The molecule has 0 aromatic heterocycles. The average Bonchev–Trinajstić information content (AvgIpc) is 2.17. The average molecular weight is 217 g/mol. The fraction of sp³-hybridized carbons (Fsp3) is 0.111. The van der Waals surface area contributed by atoms with Gasteiger partial charge >= 0.3 is 11.9 Å². The summed E-state index contributed by atoms with van der Waals surface area (Å²) in [6.07, 6.45) is 0. The van der Waals surface area contributed by atoms with Crippen LogP contribution in [0.15, 0.2) is 24.3 Å². The van der Waals surface area contributed by atoms with E-state index in [0.29, 0.717) is 5.56 Å². The lowest BCUT2D eigenvalue weighted by Crippen LogP contribution is -2.02. The molecule has 0 fully saturated rings. The summed E-state index contributed by atoms with van der Waals surface area (Å²) < 4.78 is 4.45. The van der Waals surface area contributed by atoms with Crippen LogP contribution < -0.4 is 0 Å². The maximum absolute atomic E-state index is 10.9. The van der Waals surface area contributed by atoms with Crippen LogP contribution in [0.3, 0.4) is 0 Å². The van der Waals surface area contributed by atoms with Crippen LogP contribution in [0.4, 0.5) is 0 Å². The molecule has 0 radical (unpaired) electrons. The van der Waals surface area contributed by atoms with E-state index in [1.807, 2.05) is 0 Å². The highest BCUT2D eigenvalue weighted by Crippen LogP contribution is 2.05. The second kappa shape index (κ2) is 5.24. The van der Waals surface area contributed by atoms with E-state index < -0.39 is 11.9 Å². The van der Waals surface area contributed by atoms with Gasteiger partial charge in [-0.3, -0.25) is 0 Å². The van der Waals surface area contributed by atoms with Gasteiger partial charge in [-0.2, -0.15) is 0 Å². The monoisotopic (exact) mass is 216 g/mol. The molecule has 4 nitrogen and oxygen atoms in total. The zero-order valence-corrected chi connectivity index (χ0v) is 8.21. The molecule has 0 aliphatic carbocycles. The largest absolute Gasteiger partial charge is 0.478 e. The third kappa shape index (κ3) is 2.74. The number of ether oxygens (including phenoxy) is 1. The Morgan fingerprint density at radius 2 is 1.57 bits per heavy atom. The summed E-state index contributed by atoms with van der Waals surface area (Å²) in [5.74, 6) is -1.49. The number of halogens is 1. The number of benzene rings is 1. The van der Waals surface area contributed by atoms with E-state index in [-0.39, 0.29) is 18.0 Å². The maximum Gasteiger partial charge on any atom is 0.337 e. The lowest BCUT2D eigenvalue weighted by molar-refractivity contribution is 0.0598. The Morgan fingerprint density at radius 3 is 1.93 bits per heavy atom. The summed E-state index contributed by atoms with van der Waals surface area (Å²) in [6.45, 7) is 0. The van der Waals surface area contributed by atoms with E-state index in [0.717, 1.165) is 0 Å². The number of carbonyl (C=O) groups is 2. The van der Waals surface area contributed by atoms with E-state index in [1.165, 1.54) is 31.4 Å². The third-order valence-corrected chi connectivity index (χ3v) is 1.55. The Kier molecular flexibility index (Phi) is 4.66. The Bertz CT molecular complexity index is 331. The van der Waals surface area contributed by atoms with Crippen molar-refractivity contribution in [3.05, 3.63) is 35.4 Å². The molecule has 0 saturated heterocycles. The van der Waals surface area contributed by atoms with Gasteiger partial charge in [0.2, 0.25) is 0 Å². The number of methoxy groups -OCH3 is 1. The summed E-state index contributed by atoms with van der Waals surface area (Å²) in [7, 11) is 1.27. The molecule has 0 amide bonds. The topological polar surface area (TPSA) is 63.6 Å². The molecular formula is C9H9ClO4. The maximum atomic E-state index is 10.9. The van der Waals surface area contributed by atoms with Gasteiger partial charge < -0.3 is 9.84 Å². The SMILES string of the molecule is COC(=O)c1ccc(C(=O)O)cc1.Cl. The molecule has 0 heterocycles. The number of hydrogen-bond acceptors (Lipinski definition) is 3. The third-order valence-electron chi connectivity index (χ3n) is 1.55. The van der Waals surface area contributed by atoms with Gasteiger partial charge in [0.15, 0.2) is 0 Å². The van der Waals surface area contributed by atoms with Gasteiger partial charge in [-0.15, -0.1) is 12.4 Å². The molecule has 0 atom stereocenters. The van der Waals surface area contributed by atoms with E-state index in [4.69, 9.17) is 5.11 Å². The summed E-state index contributed by atoms with van der Waals surface area (Å²) in [6, 6.07) is 5.54. The van der Waals surface area contributed by atoms with Crippen molar-refractivity contribution in [2.45, 2.75) is 0 Å². The molecule has 1 aromatic carbocycles. The number of carboxylic acid groups (broad SMARTS) is 1. The number of carbonyl (C=O) groups excluding carboxylic acids is 1. The zero-order chi connectivity index (χ0) is 9.84. The van der Waals surface area contributed by atoms with E-state index >= 15 is 0 Å². The van der Waals surface area contributed by atoms with E-state index in [1.54, 1.807) is 0 Å². The van der Waals surface area contributed by atoms with Gasteiger partial charge in [-0.1, -0.05) is 0 Å². The normalized spacial score (nSPS) is 8.64. The standard InChI is InChI=1S/C9H8O4.ClH/c1-13-9(12)7-4-2-6(3-5-7)8(10)11;/h2-5H,1H3,(H,10,11);1H. The van der Waals surface area contributed by atoms with E-state index in [9.17, 15) is 9.59 Å². The van der Waals surface area contributed by atoms with Crippen molar-refractivity contribution in [3.8, 4) is 0 Å². The first-order chi connectivity index (χ1) is 6.15. The molecule has 0 bridgehead atoms. The number of hydrogen-bond donors (Lipinski definition) is 1. The van der Waals surface area contributed by atoms with Crippen LogP contribution in [0.1, 0.15) is 20.7 Å². The molecule has 1 rings (SSSR count). The Morgan fingerprint density at radius 1 is 1.14 bits per heavy atom. The fourth-order valence-corrected chi connectivity index (χ4v) is 0.867. The van der Waals surface area contributed by atoms with Crippen molar-refractivity contribution in [1.29, 1.82) is 0 Å². The number of esters is 1. The zero-order valence-electron chi connectivity index (χ0n) is 7.39. The lowest BCUT2D eigenvalue weighted by Gasteiger charge is -1.98. The molecule has 5 heteroatoms. The fourth-order valence-electron chi connectivity index (χ4n) is 0.867. The minimum atomic E-state index is -1.02. The van der Waals surface area contributed by atoms with Crippen LogP contribution in [0.25, 0.3) is 0 Å². The predicted molar refractivity (Wildman–Crippen MR) is 52.0 cm³/mol. The van der Waals surface area contributed by atoms with Gasteiger partial charge in [0.1, 0.15) is 0 Å². The van der Waals surface area contributed by atoms with Crippen molar-refractivity contribution in [2.75, 3.05) is 7.11 Å². The van der Waals surface area contributed by atoms with Crippen molar-refractivity contribution in [1.82, 2.24) is 0 Å². The van der Waals surface area contributed by atoms with Crippen LogP contribution >= 0.6 is 12.4 Å². The molecule has 1 N–H and O–H groups in total. The quantitative estimate of drug-likeness (QED) is 0.763. The molecule has 76 valence electrons. The minimum Gasteiger partial charge on any atom is -0.478 e. The van der Waals surface area contributed by atoms with Gasteiger partial charge in [-0.05, 0) is 24.3 Å². The smallest absolute Gasteiger partial charge is 0.337 e. The Hall–Kier alpha value is -1.55. The summed E-state index contributed by atoms with van der Waals surface area (Å²) in [4.78, 5) is 21.4. The second-order valence-electron chi connectivity index (χ2n) is 2.37. The highest BCUT2D eigenvalue weighted by Gasteiger charge is 2.06. The van der Waals surface area contributed by atoms with E-state index in [2.05, 4.69) is 4.74 Å². The Labute approximate surface area is 86.9 Å². The van der Waals surface area contributed by atoms with Crippen molar-refractivity contribution in [2.24, 2.45) is 0 Å². The van der Waals surface area contributed by atoms with Crippen LogP contribution in [-0.2, 0) is 4.74 Å². The van der Waals surface area contributed by atoms with Crippen LogP contribution in [0.2, 0.25) is 0 Å². The van der Waals surface area contributed by atoms with Gasteiger partial charge in [0.05, 0.1) is 18.2 Å². The summed E-state index contributed by atoms with van der Waals surface area (Å²) >= 11 is 0. The number of aromatic carboxylic acids is 1. The molecule has 1 aromatic rings. The summed E-state index contributed by atoms with van der Waals surface area (Å²) in [5, 5.41) is 8.56. The number of rotatable bonds is 2. The van der Waals surface area contributed by atoms with Crippen molar-refractivity contribution < 1.29 is 19.4 Å². The second-order valence-corrected chi connectivity index (χ2v) is 2.37.